The van der Waals surface area contributed by atoms with Gasteiger partial charge >= 0.3 is 0 Å². The van der Waals surface area contributed by atoms with Crippen LogP contribution in [0.1, 0.15) is 38.5 Å². The van der Waals surface area contributed by atoms with Crippen molar-refractivity contribution in [3.63, 3.8) is 0 Å². The van der Waals surface area contributed by atoms with Crippen molar-refractivity contribution in [1.29, 1.82) is 0 Å². The summed E-state index contributed by atoms with van der Waals surface area (Å²) in [6, 6.07) is 5.37. The highest BCUT2D eigenvalue weighted by atomic mass is 79.9. The molecule has 0 radical (unpaired) electrons. The molecule has 5 heteroatoms. The predicted octanol–water partition coefficient (Wildman–Crippen LogP) is 4.35. The molecule has 2 N–H and O–H groups in total. The van der Waals surface area contributed by atoms with Crippen LogP contribution in [0, 0.1) is 0 Å². The quantitative estimate of drug-likeness (QED) is 0.839. The van der Waals surface area contributed by atoms with Crippen LogP contribution in [0.15, 0.2) is 22.7 Å². The lowest BCUT2D eigenvalue weighted by Gasteiger charge is -2.36. The van der Waals surface area contributed by atoms with E-state index in [0.717, 1.165) is 23.0 Å². The van der Waals surface area contributed by atoms with Gasteiger partial charge in [0.25, 0.3) is 0 Å². The molecule has 0 aromatic heterocycles. The molecule has 0 atom stereocenters. The maximum Gasteiger partial charge on any atom is 0.226 e. The number of hydrogen-bond acceptors (Lipinski definition) is 2. The molecule has 0 saturated heterocycles. The summed E-state index contributed by atoms with van der Waals surface area (Å²) in [6.07, 6.45) is 6.31. The van der Waals surface area contributed by atoms with Crippen LogP contribution in [0.3, 0.4) is 0 Å². The Labute approximate surface area is 133 Å². The molecule has 1 aromatic rings. The van der Waals surface area contributed by atoms with Gasteiger partial charge < -0.3 is 10.6 Å². The Hall–Kier alpha value is -0.580. The highest BCUT2D eigenvalue weighted by Gasteiger charge is 2.32. The summed E-state index contributed by atoms with van der Waals surface area (Å²) in [5, 5.41) is 6.97. The number of carbonyl (C=O) groups excluding carboxylic acids is 1. The molecule has 0 aliphatic heterocycles. The topological polar surface area (TPSA) is 41.1 Å². The van der Waals surface area contributed by atoms with Crippen LogP contribution in [0.2, 0.25) is 5.02 Å². The van der Waals surface area contributed by atoms with Crippen LogP contribution in [-0.4, -0.2) is 18.5 Å². The third kappa shape index (κ3) is 3.96. The van der Waals surface area contributed by atoms with Crippen molar-refractivity contribution in [2.75, 3.05) is 12.4 Å². The lowest BCUT2D eigenvalue weighted by molar-refractivity contribution is -0.117. The lowest BCUT2D eigenvalue weighted by Crippen LogP contribution is -2.47. The zero-order chi connectivity index (χ0) is 14.6. The number of anilines is 1. The van der Waals surface area contributed by atoms with Gasteiger partial charge in [0, 0.05) is 21.5 Å². The molecular weight excluding hydrogens is 340 g/mol. The van der Waals surface area contributed by atoms with E-state index in [9.17, 15) is 4.79 Å². The second-order valence-electron chi connectivity index (χ2n) is 5.44. The van der Waals surface area contributed by atoms with E-state index in [1.165, 1.54) is 19.3 Å². The third-order valence-electron chi connectivity index (χ3n) is 4.05. The normalized spacial score (nSPS) is 17.8. The van der Waals surface area contributed by atoms with E-state index in [4.69, 9.17) is 11.6 Å². The fraction of sp³-hybridized carbons (Fsp3) is 0.533. The largest absolute Gasteiger partial charge is 0.325 e. The zero-order valence-electron chi connectivity index (χ0n) is 11.6. The molecule has 2 rings (SSSR count). The van der Waals surface area contributed by atoms with Crippen LogP contribution in [0.25, 0.3) is 0 Å². The van der Waals surface area contributed by atoms with Gasteiger partial charge in [-0.1, -0.05) is 30.9 Å². The molecule has 110 valence electrons. The van der Waals surface area contributed by atoms with Gasteiger partial charge in [0.05, 0.1) is 5.69 Å². The van der Waals surface area contributed by atoms with Gasteiger partial charge in [-0.05, 0) is 54.0 Å². The Morgan fingerprint density at radius 2 is 2.05 bits per heavy atom. The van der Waals surface area contributed by atoms with Crippen molar-refractivity contribution < 1.29 is 4.79 Å². The van der Waals surface area contributed by atoms with Crippen molar-refractivity contribution in [1.82, 2.24) is 5.32 Å². The van der Waals surface area contributed by atoms with Crippen molar-refractivity contribution in [2.24, 2.45) is 0 Å². The average Bonchev–Trinajstić information content (AvgIpc) is 2.43. The number of amides is 1. The van der Waals surface area contributed by atoms with Crippen molar-refractivity contribution in [3.05, 3.63) is 27.7 Å². The minimum Gasteiger partial charge on any atom is -0.325 e. The fourth-order valence-corrected chi connectivity index (χ4v) is 3.62. The molecule has 0 heterocycles. The highest BCUT2D eigenvalue weighted by Crippen LogP contribution is 2.32. The Kier molecular flexibility index (Phi) is 5.47. The van der Waals surface area contributed by atoms with E-state index in [0.29, 0.717) is 11.4 Å². The molecule has 1 aliphatic rings. The minimum atomic E-state index is -0.0404. The van der Waals surface area contributed by atoms with E-state index in [-0.39, 0.29) is 11.4 Å². The van der Waals surface area contributed by atoms with E-state index in [1.807, 2.05) is 13.1 Å². The van der Waals surface area contributed by atoms with Crippen molar-refractivity contribution in [2.45, 2.75) is 44.1 Å². The molecule has 3 nitrogen and oxygen atoms in total. The van der Waals surface area contributed by atoms with Gasteiger partial charge in [-0.25, -0.2) is 0 Å². The minimum absolute atomic E-state index is 0.0404. The highest BCUT2D eigenvalue weighted by molar-refractivity contribution is 9.10. The van der Waals surface area contributed by atoms with Crippen molar-refractivity contribution in [3.8, 4) is 0 Å². The summed E-state index contributed by atoms with van der Waals surface area (Å²) < 4.78 is 0.806. The lowest BCUT2D eigenvalue weighted by atomic mass is 9.79. The summed E-state index contributed by atoms with van der Waals surface area (Å²) >= 11 is 9.32. The number of nitrogens with one attached hydrogen (secondary N) is 2. The van der Waals surface area contributed by atoms with Gasteiger partial charge in [0.15, 0.2) is 0 Å². The number of carbonyl (C=O) groups is 1. The first-order valence-electron chi connectivity index (χ1n) is 6.98. The summed E-state index contributed by atoms with van der Waals surface area (Å²) in [6.45, 7) is 0. The van der Waals surface area contributed by atoms with Gasteiger partial charge in [-0.15, -0.1) is 0 Å². The maximum atomic E-state index is 12.3. The molecule has 20 heavy (non-hydrogen) atoms. The van der Waals surface area contributed by atoms with Gasteiger partial charge in [0.2, 0.25) is 5.91 Å². The first kappa shape index (κ1) is 15.8. The van der Waals surface area contributed by atoms with E-state index in [1.54, 1.807) is 12.1 Å². The summed E-state index contributed by atoms with van der Waals surface area (Å²) in [5.41, 5.74) is 0.725. The van der Waals surface area contributed by atoms with Crippen LogP contribution < -0.4 is 10.6 Å². The Balaban J connectivity index is 2.00. The van der Waals surface area contributed by atoms with Gasteiger partial charge in [-0.2, -0.15) is 0 Å². The number of rotatable bonds is 4. The standard InChI is InChI=1S/C15H20BrClN2O/c1-18-15(7-3-2-4-8-15)10-14(20)19-13-6-5-11(17)9-12(13)16/h5-6,9,18H,2-4,7-8,10H2,1H3,(H,19,20). The number of halogens is 2. The fourth-order valence-electron chi connectivity index (χ4n) is 2.84. The molecule has 1 aliphatic carbocycles. The van der Waals surface area contributed by atoms with Gasteiger partial charge in [-0.3, -0.25) is 4.79 Å². The van der Waals surface area contributed by atoms with Crippen LogP contribution in [0.4, 0.5) is 5.69 Å². The van der Waals surface area contributed by atoms with Crippen LogP contribution in [-0.2, 0) is 4.79 Å². The second kappa shape index (κ2) is 6.92. The summed E-state index contributed by atoms with van der Waals surface area (Å²) in [4.78, 5) is 12.3. The van der Waals surface area contributed by atoms with Crippen LogP contribution >= 0.6 is 27.5 Å². The van der Waals surface area contributed by atoms with Crippen molar-refractivity contribution >= 4 is 39.1 Å². The molecular formula is C15H20BrClN2O. The maximum absolute atomic E-state index is 12.3. The SMILES string of the molecule is CNC1(CC(=O)Nc2ccc(Cl)cc2Br)CCCCC1. The Bertz CT molecular complexity index is 487. The number of benzene rings is 1. The molecule has 1 fully saturated rings. The van der Waals surface area contributed by atoms with E-state index < -0.39 is 0 Å². The summed E-state index contributed by atoms with van der Waals surface area (Å²) in [7, 11) is 1.96. The smallest absolute Gasteiger partial charge is 0.226 e. The average molecular weight is 360 g/mol. The first-order valence-corrected chi connectivity index (χ1v) is 8.16. The molecule has 0 bridgehead atoms. The first-order chi connectivity index (χ1) is 9.54. The van der Waals surface area contributed by atoms with E-state index in [2.05, 4.69) is 26.6 Å². The molecule has 0 unspecified atom stereocenters. The summed E-state index contributed by atoms with van der Waals surface area (Å²) in [5.74, 6) is 0.0456. The molecule has 1 aromatic carbocycles. The third-order valence-corrected chi connectivity index (χ3v) is 4.94. The monoisotopic (exact) mass is 358 g/mol. The predicted molar refractivity (Wildman–Crippen MR) is 87.3 cm³/mol. The molecule has 0 spiro atoms. The zero-order valence-corrected chi connectivity index (χ0v) is 14.0. The van der Waals surface area contributed by atoms with Crippen LogP contribution in [0.5, 0.6) is 0 Å². The van der Waals surface area contributed by atoms with E-state index >= 15 is 0 Å². The van der Waals surface area contributed by atoms with Gasteiger partial charge in [0.1, 0.15) is 0 Å². The second-order valence-corrected chi connectivity index (χ2v) is 6.73. The Morgan fingerprint density at radius 1 is 1.35 bits per heavy atom. The molecule has 1 amide bonds. The molecule has 1 saturated carbocycles. The Morgan fingerprint density at radius 3 is 2.65 bits per heavy atom. The number of hydrogen-bond donors (Lipinski definition) is 2.